The minimum Gasteiger partial charge on any atom is -0.756 e. The zero-order chi connectivity index (χ0) is 40.7. The third-order valence-electron chi connectivity index (χ3n) is 9.72. The van der Waals surface area contributed by atoms with Gasteiger partial charge in [0.15, 0.2) is 6.10 Å². The predicted octanol–water partition coefficient (Wildman–Crippen LogP) is 12.1. The zero-order valence-electron chi connectivity index (χ0n) is 36.4. The van der Waals surface area contributed by atoms with Gasteiger partial charge in [-0.05, 0) is 44.9 Å². The number of allylic oxidation sites excluding steroid dienone is 4. The number of quaternary nitrogens is 1. The molecule has 0 N–H and O–H groups in total. The van der Waals surface area contributed by atoms with Crippen molar-refractivity contribution < 1.29 is 42.1 Å². The first-order valence-corrected chi connectivity index (χ1v) is 24.0. The highest BCUT2D eigenvalue weighted by Crippen LogP contribution is 2.38. The molecule has 0 saturated carbocycles. The lowest BCUT2D eigenvalue weighted by Gasteiger charge is -2.28. The Morgan fingerprint density at radius 1 is 0.564 bits per heavy atom. The van der Waals surface area contributed by atoms with E-state index in [1.807, 2.05) is 21.1 Å². The molecule has 2 atom stereocenters. The Balaban J connectivity index is 4.29. The number of unbranched alkanes of at least 4 members (excludes halogenated alkanes) is 23. The van der Waals surface area contributed by atoms with Crippen molar-refractivity contribution in [2.75, 3.05) is 47.5 Å². The van der Waals surface area contributed by atoms with Crippen LogP contribution in [0.2, 0.25) is 0 Å². The van der Waals surface area contributed by atoms with Gasteiger partial charge in [0, 0.05) is 12.8 Å². The molecular formula is C45H86NO8P. The molecule has 0 aromatic rings. The molecule has 0 rings (SSSR count). The molecule has 0 spiro atoms. The maximum Gasteiger partial charge on any atom is 0.306 e. The zero-order valence-corrected chi connectivity index (χ0v) is 37.3. The van der Waals surface area contributed by atoms with Crippen LogP contribution in [-0.2, 0) is 32.7 Å². The molecule has 0 bridgehead atoms. The van der Waals surface area contributed by atoms with Crippen molar-refractivity contribution in [3.8, 4) is 0 Å². The van der Waals surface area contributed by atoms with Crippen molar-refractivity contribution in [3.63, 3.8) is 0 Å². The average Bonchev–Trinajstić information content (AvgIpc) is 3.13. The fraction of sp³-hybridized carbons (Fsp3) is 0.867. The molecule has 10 heteroatoms. The number of rotatable bonds is 41. The quantitative estimate of drug-likeness (QED) is 0.0198. The Kier molecular flexibility index (Phi) is 37.0. The van der Waals surface area contributed by atoms with E-state index in [0.717, 1.165) is 38.5 Å². The normalized spacial score (nSPS) is 13.8. The van der Waals surface area contributed by atoms with Crippen molar-refractivity contribution in [2.24, 2.45) is 0 Å². The van der Waals surface area contributed by atoms with Gasteiger partial charge in [-0.1, -0.05) is 167 Å². The van der Waals surface area contributed by atoms with Crippen molar-refractivity contribution in [2.45, 2.75) is 206 Å². The monoisotopic (exact) mass is 800 g/mol. The van der Waals surface area contributed by atoms with Crippen LogP contribution in [0.4, 0.5) is 0 Å². The summed E-state index contributed by atoms with van der Waals surface area (Å²) >= 11 is 0. The van der Waals surface area contributed by atoms with E-state index < -0.39 is 26.5 Å². The molecule has 0 aliphatic heterocycles. The number of ether oxygens (including phenoxy) is 2. The number of esters is 2. The van der Waals surface area contributed by atoms with Crippen molar-refractivity contribution in [1.82, 2.24) is 0 Å². The Bertz CT molecular complexity index is 996. The van der Waals surface area contributed by atoms with Crippen LogP contribution in [0.15, 0.2) is 24.3 Å². The topological polar surface area (TPSA) is 111 Å². The Labute approximate surface area is 339 Å². The first kappa shape index (κ1) is 53.5. The van der Waals surface area contributed by atoms with Crippen LogP contribution in [0.25, 0.3) is 0 Å². The summed E-state index contributed by atoms with van der Waals surface area (Å²) in [5.74, 6) is -0.833. The molecule has 324 valence electrons. The summed E-state index contributed by atoms with van der Waals surface area (Å²) < 4.78 is 33.9. The van der Waals surface area contributed by atoms with Gasteiger partial charge >= 0.3 is 11.9 Å². The fourth-order valence-electron chi connectivity index (χ4n) is 6.16. The van der Waals surface area contributed by atoms with Crippen molar-refractivity contribution in [1.29, 1.82) is 0 Å². The van der Waals surface area contributed by atoms with E-state index in [9.17, 15) is 19.0 Å². The summed E-state index contributed by atoms with van der Waals surface area (Å²) in [4.78, 5) is 37.5. The van der Waals surface area contributed by atoms with Crippen LogP contribution in [0.5, 0.6) is 0 Å². The molecule has 0 fully saturated rings. The highest BCUT2D eigenvalue weighted by molar-refractivity contribution is 7.45. The molecule has 9 nitrogen and oxygen atoms in total. The summed E-state index contributed by atoms with van der Waals surface area (Å²) in [5.41, 5.74) is 0. The number of nitrogens with zero attached hydrogens (tertiary/aromatic N) is 1. The van der Waals surface area contributed by atoms with Crippen LogP contribution in [0.3, 0.4) is 0 Å². The summed E-state index contributed by atoms with van der Waals surface area (Å²) in [6.45, 7) is 4.21. The van der Waals surface area contributed by atoms with Crippen molar-refractivity contribution in [3.05, 3.63) is 24.3 Å². The van der Waals surface area contributed by atoms with Crippen LogP contribution < -0.4 is 4.89 Å². The average molecular weight is 800 g/mol. The molecule has 0 saturated heterocycles. The summed E-state index contributed by atoms with van der Waals surface area (Å²) in [6.07, 6.45) is 40.5. The Morgan fingerprint density at radius 3 is 1.47 bits per heavy atom. The van der Waals surface area contributed by atoms with Gasteiger partial charge < -0.3 is 27.9 Å². The van der Waals surface area contributed by atoms with Gasteiger partial charge in [-0.15, -0.1) is 0 Å². The highest BCUT2D eigenvalue weighted by atomic mass is 31.2. The summed E-state index contributed by atoms with van der Waals surface area (Å²) in [6, 6.07) is 0. The van der Waals surface area contributed by atoms with Gasteiger partial charge in [0.05, 0.1) is 27.7 Å². The minimum absolute atomic E-state index is 0.0295. The first-order chi connectivity index (χ1) is 26.5. The first-order valence-electron chi connectivity index (χ1n) is 22.5. The van der Waals surface area contributed by atoms with Gasteiger partial charge in [-0.2, -0.15) is 0 Å². The van der Waals surface area contributed by atoms with E-state index in [-0.39, 0.29) is 32.0 Å². The molecule has 0 amide bonds. The van der Waals surface area contributed by atoms with E-state index in [2.05, 4.69) is 38.2 Å². The largest absolute Gasteiger partial charge is 0.756 e. The van der Waals surface area contributed by atoms with E-state index in [1.165, 1.54) is 128 Å². The van der Waals surface area contributed by atoms with Gasteiger partial charge in [0.25, 0.3) is 7.82 Å². The van der Waals surface area contributed by atoms with Crippen LogP contribution >= 0.6 is 7.82 Å². The number of phosphoric ester groups is 1. The van der Waals surface area contributed by atoms with Crippen LogP contribution in [0.1, 0.15) is 200 Å². The molecule has 1 unspecified atom stereocenters. The van der Waals surface area contributed by atoms with Gasteiger partial charge in [0.1, 0.15) is 19.8 Å². The number of carbonyl (C=O) groups is 2. The van der Waals surface area contributed by atoms with Crippen LogP contribution in [-0.4, -0.2) is 70.0 Å². The standard InChI is InChI=1S/C45H86NO8P/c1-6-8-10-12-14-16-18-20-21-22-23-24-25-26-28-29-31-33-35-37-44(47)51-41-43(42-53-55(49,50)52-40-39-46(3,4)5)54-45(48)38-36-34-32-30-27-19-17-15-13-11-9-7-2/h14,16,20-21,43H,6-13,15,17-19,22-42H2,1-5H3/b16-14+,21-20+/t43-/m0/s1. The van der Waals surface area contributed by atoms with Gasteiger partial charge in [-0.25, -0.2) is 0 Å². The van der Waals surface area contributed by atoms with Gasteiger partial charge in [0.2, 0.25) is 0 Å². The molecule has 0 heterocycles. The van der Waals surface area contributed by atoms with Gasteiger partial charge in [-0.3, -0.25) is 14.2 Å². The third kappa shape index (κ3) is 41.9. The molecule has 0 aromatic heterocycles. The lowest BCUT2D eigenvalue weighted by atomic mass is 10.0. The van der Waals surface area contributed by atoms with E-state index >= 15 is 0 Å². The molecule has 55 heavy (non-hydrogen) atoms. The number of carbonyl (C=O) groups excluding carboxylic acids is 2. The van der Waals surface area contributed by atoms with Crippen molar-refractivity contribution >= 4 is 19.8 Å². The lowest BCUT2D eigenvalue weighted by molar-refractivity contribution is -0.870. The smallest absolute Gasteiger partial charge is 0.306 e. The highest BCUT2D eigenvalue weighted by Gasteiger charge is 2.21. The minimum atomic E-state index is -4.62. The number of hydrogen-bond donors (Lipinski definition) is 0. The molecule has 0 aliphatic carbocycles. The maximum atomic E-state index is 12.6. The fourth-order valence-corrected chi connectivity index (χ4v) is 6.88. The third-order valence-corrected chi connectivity index (χ3v) is 10.7. The summed E-state index contributed by atoms with van der Waals surface area (Å²) in [5, 5.41) is 0. The Morgan fingerprint density at radius 2 is 0.982 bits per heavy atom. The number of phosphoric acid groups is 1. The molecule has 0 radical (unpaired) electrons. The summed E-state index contributed by atoms with van der Waals surface area (Å²) in [7, 11) is 1.17. The maximum absolute atomic E-state index is 12.6. The molecular weight excluding hydrogens is 713 g/mol. The van der Waals surface area contributed by atoms with E-state index in [4.69, 9.17) is 18.5 Å². The number of likely N-dealkylation sites (N-methyl/N-ethyl adjacent to an activating group) is 1. The lowest BCUT2D eigenvalue weighted by Crippen LogP contribution is -2.37. The second-order valence-corrected chi connectivity index (χ2v) is 17.8. The SMILES string of the molecule is CCCCC/C=C/C/C=C/CCCCCCCCCCCC(=O)OC[C@@H](COP(=O)([O-])OCC[N+](C)(C)C)OC(=O)CCCCCCCCCCCCCC. The molecule has 0 aliphatic rings. The Hall–Kier alpha value is -1.51. The molecule has 0 aromatic carbocycles. The second-order valence-electron chi connectivity index (χ2n) is 16.4. The predicted molar refractivity (Wildman–Crippen MR) is 227 cm³/mol. The second kappa shape index (κ2) is 38.0. The van der Waals surface area contributed by atoms with E-state index in [0.29, 0.717) is 17.4 Å². The van der Waals surface area contributed by atoms with Crippen LogP contribution in [0, 0.1) is 0 Å². The number of hydrogen-bond acceptors (Lipinski definition) is 8. The van der Waals surface area contributed by atoms with E-state index in [1.54, 1.807) is 0 Å².